The van der Waals surface area contributed by atoms with Crippen LogP contribution in [0, 0.1) is 5.92 Å². The summed E-state index contributed by atoms with van der Waals surface area (Å²) in [5, 5.41) is 0. The first kappa shape index (κ1) is 19.4. The van der Waals surface area contributed by atoms with Crippen LogP contribution in [0.25, 0.3) is 0 Å². The van der Waals surface area contributed by atoms with Crippen LogP contribution in [0.15, 0.2) is 30.3 Å². The first-order valence-electron chi connectivity index (χ1n) is 11.1. The van der Waals surface area contributed by atoms with E-state index in [1.54, 1.807) is 0 Å². The average molecular weight is 384 g/mol. The minimum atomic E-state index is 0.238. The van der Waals surface area contributed by atoms with Gasteiger partial charge in [0, 0.05) is 38.1 Å². The molecule has 2 amide bonds. The number of likely N-dealkylation sites (tertiary alicyclic amines) is 3. The van der Waals surface area contributed by atoms with Crippen molar-refractivity contribution in [3.63, 3.8) is 0 Å². The van der Waals surface area contributed by atoms with Gasteiger partial charge in [-0.05, 0) is 57.2 Å². The van der Waals surface area contributed by atoms with Gasteiger partial charge in [-0.15, -0.1) is 0 Å². The molecule has 0 radical (unpaired) electrons. The van der Waals surface area contributed by atoms with Crippen molar-refractivity contribution < 1.29 is 9.59 Å². The Balaban J connectivity index is 1.20. The smallest absolute Gasteiger partial charge is 0.226 e. The molecule has 4 rings (SSSR count). The molecule has 3 aliphatic heterocycles. The third-order valence-electron chi connectivity index (χ3n) is 6.83. The fourth-order valence-electron chi connectivity index (χ4n) is 5.07. The summed E-state index contributed by atoms with van der Waals surface area (Å²) in [5.74, 6) is 0.889. The minimum Gasteiger partial charge on any atom is -0.342 e. The van der Waals surface area contributed by atoms with Gasteiger partial charge >= 0.3 is 0 Å². The fourth-order valence-corrected chi connectivity index (χ4v) is 5.07. The van der Waals surface area contributed by atoms with Gasteiger partial charge in [0.15, 0.2) is 0 Å². The van der Waals surface area contributed by atoms with Crippen molar-refractivity contribution in [3.8, 4) is 0 Å². The van der Waals surface area contributed by atoms with Crippen molar-refractivity contribution in [2.75, 3.05) is 39.3 Å². The molecule has 5 nitrogen and oxygen atoms in total. The van der Waals surface area contributed by atoms with Gasteiger partial charge in [0.25, 0.3) is 0 Å². The second kappa shape index (κ2) is 9.08. The topological polar surface area (TPSA) is 43.9 Å². The second-order valence-corrected chi connectivity index (χ2v) is 8.62. The van der Waals surface area contributed by atoms with E-state index in [4.69, 9.17) is 0 Å². The van der Waals surface area contributed by atoms with Gasteiger partial charge in [0.05, 0.1) is 6.42 Å². The van der Waals surface area contributed by atoms with Gasteiger partial charge in [0.1, 0.15) is 0 Å². The van der Waals surface area contributed by atoms with E-state index in [0.717, 1.165) is 70.5 Å². The van der Waals surface area contributed by atoms with E-state index < -0.39 is 0 Å². The Morgan fingerprint density at radius 1 is 0.786 bits per heavy atom. The Kier molecular flexibility index (Phi) is 6.30. The first-order valence-corrected chi connectivity index (χ1v) is 11.1. The van der Waals surface area contributed by atoms with E-state index >= 15 is 0 Å². The average Bonchev–Trinajstić information content (AvgIpc) is 3.29. The number of amides is 2. The quantitative estimate of drug-likeness (QED) is 0.803. The van der Waals surface area contributed by atoms with E-state index in [-0.39, 0.29) is 11.8 Å². The molecule has 0 bridgehead atoms. The normalized spacial score (nSPS) is 22.6. The predicted molar refractivity (Wildman–Crippen MR) is 110 cm³/mol. The Hall–Kier alpha value is -1.88. The summed E-state index contributed by atoms with van der Waals surface area (Å²) in [5.41, 5.74) is 1.10. The number of hydrogen-bond acceptors (Lipinski definition) is 3. The molecular weight excluding hydrogens is 350 g/mol. The van der Waals surface area contributed by atoms with Gasteiger partial charge in [-0.2, -0.15) is 0 Å². The van der Waals surface area contributed by atoms with Gasteiger partial charge in [-0.1, -0.05) is 30.3 Å². The van der Waals surface area contributed by atoms with E-state index in [2.05, 4.69) is 9.80 Å². The predicted octanol–water partition coefficient (Wildman–Crippen LogP) is 2.55. The molecule has 28 heavy (non-hydrogen) atoms. The molecule has 1 aromatic rings. The zero-order chi connectivity index (χ0) is 19.3. The number of piperidine rings is 2. The highest BCUT2D eigenvalue weighted by atomic mass is 16.2. The van der Waals surface area contributed by atoms with E-state index in [9.17, 15) is 9.59 Å². The Morgan fingerprint density at radius 2 is 1.43 bits per heavy atom. The maximum Gasteiger partial charge on any atom is 0.226 e. The van der Waals surface area contributed by atoms with Crippen LogP contribution >= 0.6 is 0 Å². The zero-order valence-electron chi connectivity index (χ0n) is 16.9. The lowest BCUT2D eigenvalue weighted by molar-refractivity contribution is -0.137. The lowest BCUT2D eigenvalue weighted by Gasteiger charge is -2.42. The van der Waals surface area contributed by atoms with Crippen LogP contribution in [0.2, 0.25) is 0 Å². The highest BCUT2D eigenvalue weighted by Crippen LogP contribution is 2.26. The van der Waals surface area contributed by atoms with Crippen molar-refractivity contribution in [1.29, 1.82) is 0 Å². The van der Waals surface area contributed by atoms with Crippen molar-refractivity contribution in [3.05, 3.63) is 35.9 Å². The molecule has 0 aromatic heterocycles. The Morgan fingerprint density at radius 3 is 2.07 bits per heavy atom. The summed E-state index contributed by atoms with van der Waals surface area (Å²) in [4.78, 5) is 31.9. The molecule has 0 saturated carbocycles. The van der Waals surface area contributed by atoms with E-state index in [1.807, 2.05) is 35.2 Å². The molecule has 3 fully saturated rings. The summed E-state index contributed by atoms with van der Waals surface area (Å²) in [6, 6.07) is 10.6. The third kappa shape index (κ3) is 4.57. The van der Waals surface area contributed by atoms with Crippen molar-refractivity contribution in [2.24, 2.45) is 5.92 Å². The molecule has 3 aliphatic rings. The number of carbonyl (C=O) groups excluding carboxylic acids is 2. The molecular formula is C23H33N3O2. The lowest BCUT2D eigenvalue weighted by Crippen LogP contribution is -2.50. The molecule has 3 heterocycles. The molecule has 0 atom stereocenters. The summed E-state index contributed by atoms with van der Waals surface area (Å²) in [6.45, 7) is 5.73. The minimum absolute atomic E-state index is 0.238. The van der Waals surface area contributed by atoms with Crippen LogP contribution in [-0.2, 0) is 16.0 Å². The molecule has 5 heteroatoms. The summed E-state index contributed by atoms with van der Waals surface area (Å²) in [6.07, 6.45) is 6.98. The maximum atomic E-state index is 12.6. The zero-order valence-corrected chi connectivity index (χ0v) is 16.9. The molecule has 152 valence electrons. The van der Waals surface area contributed by atoms with Crippen LogP contribution in [0.4, 0.5) is 0 Å². The summed E-state index contributed by atoms with van der Waals surface area (Å²) < 4.78 is 0. The van der Waals surface area contributed by atoms with Crippen molar-refractivity contribution >= 4 is 11.8 Å². The van der Waals surface area contributed by atoms with Gasteiger partial charge in [-0.25, -0.2) is 0 Å². The highest BCUT2D eigenvalue weighted by molar-refractivity contribution is 5.79. The fraction of sp³-hybridized carbons (Fsp3) is 0.652. The maximum absolute atomic E-state index is 12.6. The molecule has 0 spiro atoms. The SMILES string of the molecule is O=C(Cc1ccccc1)N1CCC(N2CCC(C(=O)N3CCCC3)CC2)CC1. The number of carbonyl (C=O) groups is 2. The number of nitrogens with zero attached hydrogens (tertiary/aromatic N) is 3. The summed E-state index contributed by atoms with van der Waals surface area (Å²) in [7, 11) is 0. The largest absolute Gasteiger partial charge is 0.342 e. The molecule has 0 unspecified atom stereocenters. The molecule has 0 aliphatic carbocycles. The van der Waals surface area contributed by atoms with Crippen LogP contribution < -0.4 is 0 Å². The standard InChI is InChI=1S/C23H33N3O2/c27-22(18-19-6-2-1-3-7-19)25-16-10-21(11-17-25)24-14-8-20(9-15-24)23(28)26-12-4-5-13-26/h1-3,6-7,20-21H,4-5,8-18H2. The van der Waals surface area contributed by atoms with Crippen LogP contribution in [0.5, 0.6) is 0 Å². The van der Waals surface area contributed by atoms with Gasteiger partial charge in [-0.3, -0.25) is 9.59 Å². The van der Waals surface area contributed by atoms with Crippen LogP contribution in [-0.4, -0.2) is 71.8 Å². The Bertz CT molecular complexity index is 656. The number of rotatable bonds is 4. The monoisotopic (exact) mass is 383 g/mol. The second-order valence-electron chi connectivity index (χ2n) is 8.62. The first-order chi connectivity index (χ1) is 13.7. The van der Waals surface area contributed by atoms with Gasteiger partial charge in [0.2, 0.25) is 11.8 Å². The van der Waals surface area contributed by atoms with Crippen LogP contribution in [0.1, 0.15) is 44.1 Å². The molecule has 1 aromatic carbocycles. The third-order valence-corrected chi connectivity index (χ3v) is 6.83. The van der Waals surface area contributed by atoms with E-state index in [0.29, 0.717) is 18.4 Å². The van der Waals surface area contributed by atoms with Crippen LogP contribution in [0.3, 0.4) is 0 Å². The van der Waals surface area contributed by atoms with Crippen molar-refractivity contribution in [2.45, 2.75) is 51.0 Å². The van der Waals surface area contributed by atoms with E-state index in [1.165, 1.54) is 12.8 Å². The lowest BCUT2D eigenvalue weighted by atomic mass is 9.92. The molecule has 0 N–H and O–H groups in total. The van der Waals surface area contributed by atoms with Gasteiger partial charge < -0.3 is 14.7 Å². The number of benzene rings is 1. The highest BCUT2D eigenvalue weighted by Gasteiger charge is 2.33. The number of hydrogen-bond donors (Lipinski definition) is 0. The van der Waals surface area contributed by atoms with Crippen molar-refractivity contribution in [1.82, 2.24) is 14.7 Å². The Labute approximate surface area is 168 Å². The summed E-state index contributed by atoms with van der Waals surface area (Å²) >= 11 is 0. The molecule has 3 saturated heterocycles.